The fraction of sp³-hybridized carbons (Fsp3) is 0.667. The first-order chi connectivity index (χ1) is 7.83. The maximum absolute atomic E-state index is 9.84. The van der Waals surface area contributed by atoms with E-state index in [-0.39, 0.29) is 0 Å². The van der Waals surface area contributed by atoms with Crippen LogP contribution in [0.1, 0.15) is 31.1 Å². The zero-order valence-electron chi connectivity index (χ0n) is 9.13. The van der Waals surface area contributed by atoms with E-state index in [1.165, 1.54) is 6.42 Å². The van der Waals surface area contributed by atoms with Crippen LogP contribution in [0.5, 0.6) is 0 Å². The van der Waals surface area contributed by atoms with Gasteiger partial charge in [-0.2, -0.15) is 0 Å². The van der Waals surface area contributed by atoms with Crippen LogP contribution in [0.25, 0.3) is 0 Å². The van der Waals surface area contributed by atoms with Crippen LogP contribution in [0.15, 0.2) is 22.8 Å². The molecule has 16 heavy (non-hydrogen) atoms. The van der Waals surface area contributed by atoms with Crippen LogP contribution in [-0.2, 0) is 4.74 Å². The molecule has 0 spiro atoms. The Balaban J connectivity index is 1.50. The Labute approximate surface area is 94.6 Å². The highest BCUT2D eigenvalue weighted by Crippen LogP contribution is 2.34. The van der Waals surface area contributed by atoms with Crippen molar-refractivity contribution in [3.05, 3.63) is 24.2 Å². The maximum Gasteiger partial charge on any atom is 0.133 e. The third-order valence-corrected chi connectivity index (χ3v) is 3.55. The minimum Gasteiger partial charge on any atom is -0.467 e. The third kappa shape index (κ3) is 1.88. The van der Waals surface area contributed by atoms with E-state index in [4.69, 9.17) is 9.15 Å². The highest BCUT2D eigenvalue weighted by Gasteiger charge is 2.40. The SMILES string of the molecule is OC(CNC1CC2CCC1O2)c1ccco1. The quantitative estimate of drug-likeness (QED) is 0.806. The minimum atomic E-state index is -0.561. The lowest BCUT2D eigenvalue weighted by atomic mass is 9.95. The van der Waals surface area contributed by atoms with Gasteiger partial charge in [0.15, 0.2) is 0 Å². The normalized spacial score (nSPS) is 34.4. The maximum atomic E-state index is 9.84. The lowest BCUT2D eigenvalue weighted by Crippen LogP contribution is -2.39. The summed E-state index contributed by atoms with van der Waals surface area (Å²) >= 11 is 0. The molecule has 2 aliphatic heterocycles. The molecule has 4 unspecified atom stereocenters. The molecule has 0 amide bonds. The Bertz CT molecular complexity index is 338. The van der Waals surface area contributed by atoms with Crippen LogP contribution in [0.2, 0.25) is 0 Å². The molecule has 88 valence electrons. The van der Waals surface area contributed by atoms with Crippen molar-refractivity contribution in [3.63, 3.8) is 0 Å². The molecule has 2 fully saturated rings. The smallest absolute Gasteiger partial charge is 0.133 e. The number of aliphatic hydroxyl groups is 1. The Morgan fingerprint density at radius 1 is 1.50 bits per heavy atom. The molecule has 4 atom stereocenters. The Kier molecular flexibility index (Phi) is 2.71. The molecule has 1 aromatic heterocycles. The lowest BCUT2D eigenvalue weighted by molar-refractivity contribution is 0.0925. The summed E-state index contributed by atoms with van der Waals surface area (Å²) in [5.74, 6) is 0.622. The molecule has 4 nitrogen and oxygen atoms in total. The predicted octanol–water partition coefficient (Wildman–Crippen LogP) is 1.22. The summed E-state index contributed by atoms with van der Waals surface area (Å²) in [6, 6.07) is 3.99. The van der Waals surface area contributed by atoms with E-state index in [9.17, 15) is 5.11 Å². The number of furan rings is 1. The van der Waals surface area contributed by atoms with Crippen molar-refractivity contribution in [1.29, 1.82) is 0 Å². The third-order valence-electron chi connectivity index (χ3n) is 3.55. The molecule has 2 saturated heterocycles. The average molecular weight is 223 g/mol. The molecule has 0 radical (unpaired) electrons. The van der Waals surface area contributed by atoms with Crippen LogP contribution >= 0.6 is 0 Å². The molecular formula is C12H17NO3. The van der Waals surface area contributed by atoms with E-state index < -0.39 is 6.10 Å². The van der Waals surface area contributed by atoms with Gasteiger partial charge in [-0.15, -0.1) is 0 Å². The minimum absolute atomic E-state index is 0.355. The average Bonchev–Trinajstić information content (AvgIpc) is 3.01. The summed E-state index contributed by atoms with van der Waals surface area (Å²) in [6.45, 7) is 0.533. The van der Waals surface area contributed by atoms with Crippen molar-refractivity contribution in [3.8, 4) is 0 Å². The fourth-order valence-corrected chi connectivity index (χ4v) is 2.70. The van der Waals surface area contributed by atoms with Gasteiger partial charge in [0, 0.05) is 12.6 Å². The van der Waals surface area contributed by atoms with E-state index in [2.05, 4.69) is 5.32 Å². The first-order valence-electron chi connectivity index (χ1n) is 5.93. The van der Waals surface area contributed by atoms with Crippen molar-refractivity contribution < 1.29 is 14.3 Å². The Morgan fingerprint density at radius 2 is 2.44 bits per heavy atom. The van der Waals surface area contributed by atoms with Crippen molar-refractivity contribution >= 4 is 0 Å². The fourth-order valence-electron chi connectivity index (χ4n) is 2.70. The van der Waals surface area contributed by atoms with Gasteiger partial charge >= 0.3 is 0 Å². The number of fused-ring (bicyclic) bond motifs is 2. The van der Waals surface area contributed by atoms with Gasteiger partial charge in [0.1, 0.15) is 11.9 Å². The molecule has 3 heterocycles. The Morgan fingerprint density at radius 3 is 3.06 bits per heavy atom. The molecule has 0 saturated carbocycles. The number of hydrogen-bond donors (Lipinski definition) is 2. The zero-order valence-corrected chi connectivity index (χ0v) is 9.13. The van der Waals surface area contributed by atoms with Crippen molar-refractivity contribution in [2.75, 3.05) is 6.54 Å². The van der Waals surface area contributed by atoms with E-state index in [1.807, 2.05) is 0 Å². The summed E-state index contributed by atoms with van der Waals surface area (Å²) in [6.07, 6.45) is 5.25. The van der Waals surface area contributed by atoms with Crippen molar-refractivity contribution in [1.82, 2.24) is 5.32 Å². The summed E-state index contributed by atoms with van der Waals surface area (Å²) in [5, 5.41) is 13.2. The van der Waals surface area contributed by atoms with Crippen LogP contribution in [0.4, 0.5) is 0 Å². The molecule has 3 rings (SSSR count). The number of nitrogens with one attached hydrogen (secondary N) is 1. The van der Waals surface area contributed by atoms with Crippen LogP contribution < -0.4 is 5.32 Å². The summed E-state index contributed by atoms with van der Waals surface area (Å²) in [7, 11) is 0. The van der Waals surface area contributed by atoms with E-state index in [0.717, 1.165) is 12.8 Å². The number of hydrogen-bond acceptors (Lipinski definition) is 4. The van der Waals surface area contributed by atoms with Gasteiger partial charge in [0.05, 0.1) is 18.5 Å². The summed E-state index contributed by atoms with van der Waals surface area (Å²) in [5.41, 5.74) is 0. The predicted molar refractivity (Wildman–Crippen MR) is 58.0 cm³/mol. The molecule has 4 heteroatoms. The monoisotopic (exact) mass is 223 g/mol. The standard InChI is InChI=1S/C12H17NO3/c14-10(12-2-1-5-15-12)7-13-9-6-8-3-4-11(9)16-8/h1-2,5,8-11,13-14H,3-4,6-7H2. The van der Waals surface area contributed by atoms with Crippen molar-refractivity contribution in [2.24, 2.45) is 0 Å². The second-order valence-corrected chi connectivity index (χ2v) is 4.66. The molecule has 2 N–H and O–H groups in total. The molecule has 2 bridgehead atoms. The molecule has 0 aliphatic carbocycles. The zero-order chi connectivity index (χ0) is 11.0. The molecule has 0 aromatic carbocycles. The van der Waals surface area contributed by atoms with Gasteiger partial charge in [0.2, 0.25) is 0 Å². The van der Waals surface area contributed by atoms with E-state index in [0.29, 0.717) is 30.6 Å². The van der Waals surface area contributed by atoms with Crippen LogP contribution in [0.3, 0.4) is 0 Å². The van der Waals surface area contributed by atoms with Gasteiger partial charge in [-0.05, 0) is 31.4 Å². The van der Waals surface area contributed by atoms with Gasteiger partial charge in [0.25, 0.3) is 0 Å². The second kappa shape index (κ2) is 4.20. The van der Waals surface area contributed by atoms with Gasteiger partial charge in [-0.3, -0.25) is 0 Å². The summed E-state index contributed by atoms with van der Waals surface area (Å²) < 4.78 is 10.9. The van der Waals surface area contributed by atoms with E-state index >= 15 is 0 Å². The van der Waals surface area contributed by atoms with Crippen LogP contribution in [0, 0.1) is 0 Å². The number of aliphatic hydroxyl groups excluding tert-OH is 1. The first-order valence-corrected chi connectivity index (χ1v) is 5.93. The second-order valence-electron chi connectivity index (χ2n) is 4.66. The highest BCUT2D eigenvalue weighted by atomic mass is 16.5. The molecule has 1 aromatic rings. The topological polar surface area (TPSA) is 54.6 Å². The largest absolute Gasteiger partial charge is 0.467 e. The van der Waals surface area contributed by atoms with Gasteiger partial charge < -0.3 is 19.6 Å². The van der Waals surface area contributed by atoms with Gasteiger partial charge in [-0.25, -0.2) is 0 Å². The summed E-state index contributed by atoms with van der Waals surface area (Å²) in [4.78, 5) is 0. The van der Waals surface area contributed by atoms with E-state index in [1.54, 1.807) is 18.4 Å². The lowest BCUT2D eigenvalue weighted by Gasteiger charge is -2.21. The molecular weight excluding hydrogens is 206 g/mol. The highest BCUT2D eigenvalue weighted by molar-refractivity contribution is 5.03. The number of rotatable bonds is 4. The van der Waals surface area contributed by atoms with Crippen LogP contribution in [-0.4, -0.2) is 29.9 Å². The Hall–Kier alpha value is -0.840. The first kappa shape index (κ1) is 10.3. The number of ether oxygens (including phenoxy) is 1. The molecule has 2 aliphatic rings. The van der Waals surface area contributed by atoms with Crippen molar-refractivity contribution in [2.45, 2.75) is 43.6 Å². The van der Waals surface area contributed by atoms with Gasteiger partial charge in [-0.1, -0.05) is 0 Å².